The van der Waals surface area contributed by atoms with Crippen molar-refractivity contribution in [1.82, 2.24) is 4.90 Å². The van der Waals surface area contributed by atoms with Gasteiger partial charge in [0.15, 0.2) is 0 Å². The molecule has 1 amide bonds. The van der Waals surface area contributed by atoms with Gasteiger partial charge in [0.25, 0.3) is 0 Å². The van der Waals surface area contributed by atoms with Gasteiger partial charge in [-0.05, 0) is 26.7 Å². The summed E-state index contributed by atoms with van der Waals surface area (Å²) in [7, 11) is 0. The van der Waals surface area contributed by atoms with Crippen molar-refractivity contribution in [1.29, 1.82) is 0 Å². The van der Waals surface area contributed by atoms with Crippen molar-refractivity contribution in [3.63, 3.8) is 0 Å². The molecular formula is C8H16N2O2. The van der Waals surface area contributed by atoms with E-state index in [0.29, 0.717) is 6.54 Å². The highest BCUT2D eigenvalue weighted by atomic mass is 16.4. The first kappa shape index (κ1) is 9.32. The van der Waals surface area contributed by atoms with Crippen molar-refractivity contribution in [2.45, 2.75) is 38.3 Å². The zero-order chi connectivity index (χ0) is 9.35. The van der Waals surface area contributed by atoms with E-state index in [-0.39, 0.29) is 11.6 Å². The molecule has 3 N–H and O–H groups in total. The minimum atomic E-state index is -0.854. The van der Waals surface area contributed by atoms with Crippen LogP contribution in [0, 0.1) is 0 Å². The van der Waals surface area contributed by atoms with Crippen LogP contribution in [0.15, 0.2) is 0 Å². The maximum Gasteiger partial charge on any atom is 0.408 e. The van der Waals surface area contributed by atoms with Gasteiger partial charge in [0.2, 0.25) is 0 Å². The first-order valence-corrected chi connectivity index (χ1v) is 4.21. The Morgan fingerprint density at radius 1 is 1.75 bits per heavy atom. The predicted molar refractivity (Wildman–Crippen MR) is 46.0 cm³/mol. The SMILES string of the molecule is CC1(C)CCC(CN)N1C(=O)O. The molecule has 1 atom stereocenters. The topological polar surface area (TPSA) is 66.6 Å². The van der Waals surface area contributed by atoms with Crippen LogP contribution in [0.25, 0.3) is 0 Å². The van der Waals surface area contributed by atoms with Gasteiger partial charge in [-0.1, -0.05) is 0 Å². The number of amides is 1. The third-order valence-electron chi connectivity index (χ3n) is 2.58. The molecule has 1 heterocycles. The second-order valence-corrected chi connectivity index (χ2v) is 3.89. The summed E-state index contributed by atoms with van der Waals surface area (Å²) >= 11 is 0. The Morgan fingerprint density at radius 2 is 2.33 bits per heavy atom. The number of hydrogen-bond donors (Lipinski definition) is 2. The first-order valence-electron chi connectivity index (χ1n) is 4.21. The predicted octanol–water partition coefficient (Wildman–Crippen LogP) is 0.866. The highest BCUT2D eigenvalue weighted by Gasteiger charge is 2.41. The third-order valence-corrected chi connectivity index (χ3v) is 2.58. The monoisotopic (exact) mass is 172 g/mol. The van der Waals surface area contributed by atoms with Gasteiger partial charge in [-0.15, -0.1) is 0 Å². The lowest BCUT2D eigenvalue weighted by Crippen LogP contribution is -2.48. The van der Waals surface area contributed by atoms with Gasteiger partial charge in [0, 0.05) is 18.1 Å². The van der Waals surface area contributed by atoms with Gasteiger partial charge in [0.1, 0.15) is 0 Å². The molecule has 0 aliphatic carbocycles. The van der Waals surface area contributed by atoms with Gasteiger partial charge >= 0.3 is 6.09 Å². The molecule has 1 unspecified atom stereocenters. The van der Waals surface area contributed by atoms with Gasteiger partial charge in [-0.25, -0.2) is 4.79 Å². The molecule has 1 aliphatic rings. The number of carboxylic acid groups (broad SMARTS) is 1. The van der Waals surface area contributed by atoms with Gasteiger partial charge in [0.05, 0.1) is 0 Å². The highest BCUT2D eigenvalue weighted by Crippen LogP contribution is 2.32. The second kappa shape index (κ2) is 2.94. The second-order valence-electron chi connectivity index (χ2n) is 3.89. The summed E-state index contributed by atoms with van der Waals surface area (Å²) in [6.07, 6.45) is 0.935. The zero-order valence-electron chi connectivity index (χ0n) is 7.58. The van der Waals surface area contributed by atoms with E-state index in [1.807, 2.05) is 13.8 Å². The lowest BCUT2D eigenvalue weighted by molar-refractivity contribution is 0.0977. The molecular weight excluding hydrogens is 156 g/mol. The van der Waals surface area contributed by atoms with Crippen LogP contribution < -0.4 is 5.73 Å². The highest BCUT2D eigenvalue weighted by molar-refractivity contribution is 5.67. The summed E-state index contributed by atoms with van der Waals surface area (Å²) in [5, 5.41) is 8.92. The van der Waals surface area contributed by atoms with Crippen LogP contribution in [-0.4, -0.2) is 34.2 Å². The van der Waals surface area contributed by atoms with Crippen molar-refractivity contribution >= 4 is 6.09 Å². The molecule has 4 heteroatoms. The van der Waals surface area contributed by atoms with Crippen molar-refractivity contribution in [2.24, 2.45) is 5.73 Å². The molecule has 4 nitrogen and oxygen atoms in total. The molecule has 0 radical (unpaired) electrons. The molecule has 1 fully saturated rings. The number of nitrogens with zero attached hydrogens (tertiary/aromatic N) is 1. The van der Waals surface area contributed by atoms with E-state index < -0.39 is 6.09 Å². The van der Waals surface area contributed by atoms with Crippen LogP contribution in [0.2, 0.25) is 0 Å². The fourth-order valence-electron chi connectivity index (χ4n) is 1.90. The fourth-order valence-corrected chi connectivity index (χ4v) is 1.90. The van der Waals surface area contributed by atoms with Crippen molar-refractivity contribution in [2.75, 3.05) is 6.54 Å². The number of carbonyl (C=O) groups is 1. The number of likely N-dealkylation sites (tertiary alicyclic amines) is 1. The van der Waals surface area contributed by atoms with Gasteiger partial charge in [-0.2, -0.15) is 0 Å². The minimum absolute atomic E-state index is 0.0116. The lowest BCUT2D eigenvalue weighted by Gasteiger charge is -2.32. The Bertz CT molecular complexity index is 191. The normalized spacial score (nSPS) is 27.6. The Morgan fingerprint density at radius 3 is 2.67 bits per heavy atom. The Labute approximate surface area is 72.3 Å². The molecule has 12 heavy (non-hydrogen) atoms. The van der Waals surface area contributed by atoms with Crippen molar-refractivity contribution in [3.05, 3.63) is 0 Å². The fraction of sp³-hybridized carbons (Fsp3) is 0.875. The Balaban J connectivity index is 2.80. The molecule has 0 aromatic heterocycles. The van der Waals surface area contributed by atoms with Crippen molar-refractivity contribution < 1.29 is 9.90 Å². The number of nitrogens with two attached hydrogens (primary N) is 1. The van der Waals surface area contributed by atoms with Gasteiger partial charge in [-0.3, -0.25) is 4.90 Å². The lowest BCUT2D eigenvalue weighted by atomic mass is 10.0. The van der Waals surface area contributed by atoms with E-state index in [9.17, 15) is 4.79 Å². The summed E-state index contributed by atoms with van der Waals surface area (Å²) < 4.78 is 0. The van der Waals surface area contributed by atoms with Crippen LogP contribution >= 0.6 is 0 Å². The van der Waals surface area contributed by atoms with Crippen LogP contribution in [0.3, 0.4) is 0 Å². The summed E-state index contributed by atoms with van der Waals surface area (Å²) in [5.41, 5.74) is 5.24. The summed E-state index contributed by atoms with van der Waals surface area (Å²) in [4.78, 5) is 12.3. The molecule has 0 aromatic rings. The summed E-state index contributed by atoms with van der Waals surface area (Å²) in [6.45, 7) is 4.31. The van der Waals surface area contributed by atoms with E-state index in [4.69, 9.17) is 10.8 Å². The van der Waals surface area contributed by atoms with E-state index in [2.05, 4.69) is 0 Å². The third kappa shape index (κ3) is 1.39. The smallest absolute Gasteiger partial charge is 0.408 e. The largest absolute Gasteiger partial charge is 0.465 e. The Hall–Kier alpha value is -0.770. The Kier molecular flexibility index (Phi) is 2.28. The van der Waals surface area contributed by atoms with Crippen LogP contribution in [0.1, 0.15) is 26.7 Å². The molecule has 0 spiro atoms. The van der Waals surface area contributed by atoms with E-state index >= 15 is 0 Å². The van der Waals surface area contributed by atoms with E-state index in [1.54, 1.807) is 0 Å². The van der Waals surface area contributed by atoms with E-state index in [0.717, 1.165) is 12.8 Å². The van der Waals surface area contributed by atoms with Crippen LogP contribution in [0.4, 0.5) is 4.79 Å². The molecule has 0 aromatic carbocycles. The molecule has 0 bridgehead atoms. The maximum absolute atomic E-state index is 10.9. The summed E-state index contributed by atoms with van der Waals surface area (Å²) in [6, 6.07) is 0.0116. The minimum Gasteiger partial charge on any atom is -0.465 e. The average molecular weight is 172 g/mol. The molecule has 0 saturated carbocycles. The van der Waals surface area contributed by atoms with Crippen LogP contribution in [0.5, 0.6) is 0 Å². The number of hydrogen-bond acceptors (Lipinski definition) is 2. The van der Waals surface area contributed by atoms with Crippen LogP contribution in [-0.2, 0) is 0 Å². The quantitative estimate of drug-likeness (QED) is 0.616. The maximum atomic E-state index is 10.9. The molecule has 1 aliphatic heterocycles. The molecule has 1 rings (SSSR count). The standard InChI is InChI=1S/C8H16N2O2/c1-8(2)4-3-6(5-9)10(8)7(11)12/h6H,3-5,9H2,1-2H3,(H,11,12). The average Bonchev–Trinajstić information content (AvgIpc) is 2.24. The molecule has 70 valence electrons. The first-order chi connectivity index (χ1) is 5.49. The van der Waals surface area contributed by atoms with Gasteiger partial charge < -0.3 is 10.8 Å². The molecule has 1 saturated heterocycles. The number of rotatable bonds is 1. The van der Waals surface area contributed by atoms with Crippen molar-refractivity contribution in [3.8, 4) is 0 Å². The summed E-state index contributed by atoms with van der Waals surface area (Å²) in [5.74, 6) is 0. The zero-order valence-corrected chi connectivity index (χ0v) is 7.58. The van der Waals surface area contributed by atoms with E-state index in [1.165, 1.54) is 4.90 Å².